The molecule has 0 amide bonds. The number of aromatic hydroxyl groups is 1. The molecular formula is C4H2ClNO3. The zero-order chi connectivity index (χ0) is 6.85. The van der Waals surface area contributed by atoms with Crippen molar-refractivity contribution in [2.75, 3.05) is 0 Å². The van der Waals surface area contributed by atoms with Gasteiger partial charge in [-0.15, -0.1) is 0 Å². The standard InChI is InChI=1S/C4H2ClNO3/c5-4(8)3-2(7)1-6-9-3/h1,7H. The summed E-state index contributed by atoms with van der Waals surface area (Å²) in [4.78, 5) is 10.2. The van der Waals surface area contributed by atoms with Gasteiger partial charge >= 0.3 is 0 Å². The molecule has 0 fully saturated rings. The molecule has 1 rings (SSSR count). The maximum Gasteiger partial charge on any atom is 0.294 e. The molecule has 0 unspecified atom stereocenters. The summed E-state index contributed by atoms with van der Waals surface area (Å²) in [6.07, 6.45) is 0.996. The second kappa shape index (κ2) is 2.06. The molecule has 1 N–H and O–H groups in total. The average Bonchev–Trinajstić information content (AvgIpc) is 2.13. The molecule has 0 bridgehead atoms. The molecule has 0 aromatic carbocycles. The van der Waals surface area contributed by atoms with Crippen LogP contribution in [-0.4, -0.2) is 15.5 Å². The third kappa shape index (κ3) is 1.02. The van der Waals surface area contributed by atoms with Gasteiger partial charge in [-0.05, 0) is 11.6 Å². The molecule has 0 atom stereocenters. The van der Waals surface area contributed by atoms with Crippen LogP contribution >= 0.6 is 11.6 Å². The molecule has 4 nitrogen and oxygen atoms in total. The molecule has 9 heavy (non-hydrogen) atoms. The van der Waals surface area contributed by atoms with E-state index in [-0.39, 0.29) is 11.5 Å². The smallest absolute Gasteiger partial charge is 0.294 e. The Bertz CT molecular complexity index is 231. The number of rotatable bonds is 1. The highest BCUT2D eigenvalue weighted by Crippen LogP contribution is 2.16. The van der Waals surface area contributed by atoms with Crippen LogP contribution in [0.3, 0.4) is 0 Å². The van der Waals surface area contributed by atoms with E-state index >= 15 is 0 Å². The number of carbonyl (C=O) groups excluding carboxylic acids is 1. The highest BCUT2D eigenvalue weighted by molar-refractivity contribution is 6.67. The largest absolute Gasteiger partial charge is 0.503 e. The fourth-order valence-corrected chi connectivity index (χ4v) is 0.502. The fraction of sp³-hybridized carbons (Fsp3) is 0. The minimum atomic E-state index is -0.856. The Kier molecular flexibility index (Phi) is 1.40. The van der Waals surface area contributed by atoms with Crippen LogP contribution in [0.25, 0.3) is 0 Å². The second-order valence-electron chi connectivity index (χ2n) is 1.31. The van der Waals surface area contributed by atoms with Gasteiger partial charge in [-0.1, -0.05) is 5.16 Å². The van der Waals surface area contributed by atoms with E-state index in [0.717, 1.165) is 6.20 Å². The van der Waals surface area contributed by atoms with Crippen LogP contribution in [0, 0.1) is 0 Å². The van der Waals surface area contributed by atoms with Gasteiger partial charge < -0.3 is 9.63 Å². The first-order chi connectivity index (χ1) is 4.22. The van der Waals surface area contributed by atoms with Crippen molar-refractivity contribution in [3.8, 4) is 5.75 Å². The average molecular weight is 148 g/mol. The quantitative estimate of drug-likeness (QED) is 0.596. The molecule has 0 aliphatic carbocycles. The van der Waals surface area contributed by atoms with Crippen molar-refractivity contribution in [3.63, 3.8) is 0 Å². The van der Waals surface area contributed by atoms with E-state index in [1.165, 1.54) is 0 Å². The third-order valence-corrected chi connectivity index (χ3v) is 0.902. The van der Waals surface area contributed by atoms with Crippen LogP contribution in [0.15, 0.2) is 10.7 Å². The van der Waals surface area contributed by atoms with E-state index in [9.17, 15) is 4.79 Å². The van der Waals surface area contributed by atoms with E-state index in [2.05, 4.69) is 9.68 Å². The second-order valence-corrected chi connectivity index (χ2v) is 1.66. The summed E-state index contributed by atoms with van der Waals surface area (Å²) < 4.78 is 4.24. The van der Waals surface area contributed by atoms with Crippen molar-refractivity contribution >= 4 is 16.8 Å². The summed E-state index contributed by atoms with van der Waals surface area (Å²) in [6.45, 7) is 0. The van der Waals surface area contributed by atoms with Crippen molar-refractivity contribution in [3.05, 3.63) is 12.0 Å². The van der Waals surface area contributed by atoms with Crippen LogP contribution in [0.1, 0.15) is 10.6 Å². The molecule has 0 aliphatic heterocycles. The Morgan fingerprint density at radius 1 is 1.89 bits per heavy atom. The van der Waals surface area contributed by atoms with E-state index in [1.807, 2.05) is 0 Å². The highest BCUT2D eigenvalue weighted by atomic mass is 35.5. The summed E-state index contributed by atoms with van der Waals surface area (Å²) in [6, 6.07) is 0. The zero-order valence-corrected chi connectivity index (χ0v) is 4.92. The van der Waals surface area contributed by atoms with Crippen LogP contribution in [0.5, 0.6) is 5.75 Å². The van der Waals surface area contributed by atoms with E-state index in [4.69, 9.17) is 16.7 Å². The molecule has 0 spiro atoms. The summed E-state index contributed by atoms with van der Waals surface area (Å²) in [5.74, 6) is -0.660. The number of nitrogens with zero attached hydrogens (tertiary/aromatic N) is 1. The monoisotopic (exact) mass is 147 g/mol. The number of aromatic nitrogens is 1. The van der Waals surface area contributed by atoms with Gasteiger partial charge in [0, 0.05) is 0 Å². The molecule has 0 radical (unpaired) electrons. The lowest BCUT2D eigenvalue weighted by atomic mass is 10.5. The lowest BCUT2D eigenvalue weighted by molar-refractivity contribution is 0.104. The van der Waals surface area contributed by atoms with Crippen LogP contribution in [0.4, 0.5) is 0 Å². The zero-order valence-electron chi connectivity index (χ0n) is 4.17. The topological polar surface area (TPSA) is 63.3 Å². The number of hydrogen-bond acceptors (Lipinski definition) is 4. The van der Waals surface area contributed by atoms with Gasteiger partial charge in [-0.3, -0.25) is 4.79 Å². The van der Waals surface area contributed by atoms with Gasteiger partial charge in [0.25, 0.3) is 11.0 Å². The Balaban J connectivity index is 3.08. The number of hydrogen-bond donors (Lipinski definition) is 1. The lowest BCUT2D eigenvalue weighted by Gasteiger charge is -1.80. The molecular weight excluding hydrogens is 146 g/mol. The predicted octanol–water partition coefficient (Wildman–Crippen LogP) is 0.759. The molecule has 0 saturated heterocycles. The Morgan fingerprint density at radius 2 is 2.56 bits per heavy atom. The first-order valence-corrected chi connectivity index (χ1v) is 2.43. The maximum atomic E-state index is 10.2. The number of halogens is 1. The third-order valence-electron chi connectivity index (χ3n) is 0.730. The van der Waals surface area contributed by atoms with E-state index in [1.54, 1.807) is 0 Å². The summed E-state index contributed by atoms with van der Waals surface area (Å²) in [5.41, 5.74) is 0. The van der Waals surface area contributed by atoms with Crippen LogP contribution in [-0.2, 0) is 0 Å². The fourth-order valence-electron chi connectivity index (χ4n) is 0.371. The molecule has 0 saturated carbocycles. The van der Waals surface area contributed by atoms with Crippen molar-refractivity contribution in [2.45, 2.75) is 0 Å². The summed E-state index contributed by atoms with van der Waals surface area (Å²) >= 11 is 4.92. The molecule has 1 heterocycles. The van der Waals surface area contributed by atoms with Gasteiger partial charge in [0.1, 0.15) is 6.20 Å². The molecule has 1 aromatic heterocycles. The molecule has 0 aliphatic rings. The Labute approximate surface area is 55.0 Å². The highest BCUT2D eigenvalue weighted by Gasteiger charge is 2.12. The minimum absolute atomic E-state index is 0.323. The lowest BCUT2D eigenvalue weighted by Crippen LogP contribution is -1.83. The van der Waals surface area contributed by atoms with Crippen molar-refractivity contribution in [2.24, 2.45) is 0 Å². The molecule has 5 heteroatoms. The predicted molar refractivity (Wildman–Crippen MR) is 28.4 cm³/mol. The van der Waals surface area contributed by atoms with E-state index < -0.39 is 5.24 Å². The number of carbonyl (C=O) groups is 1. The minimum Gasteiger partial charge on any atom is -0.503 e. The van der Waals surface area contributed by atoms with Gasteiger partial charge in [-0.2, -0.15) is 0 Å². The first-order valence-electron chi connectivity index (χ1n) is 2.05. The van der Waals surface area contributed by atoms with Crippen molar-refractivity contribution < 1.29 is 14.4 Å². The van der Waals surface area contributed by atoms with Gasteiger partial charge in [0.05, 0.1) is 0 Å². The maximum absolute atomic E-state index is 10.2. The van der Waals surface area contributed by atoms with Gasteiger partial charge in [0.2, 0.25) is 0 Å². The van der Waals surface area contributed by atoms with Gasteiger partial charge in [-0.25, -0.2) is 0 Å². The van der Waals surface area contributed by atoms with Crippen LogP contribution < -0.4 is 0 Å². The Hall–Kier alpha value is -1.03. The first kappa shape index (κ1) is 6.10. The van der Waals surface area contributed by atoms with E-state index in [0.29, 0.717) is 0 Å². The SMILES string of the molecule is O=C(Cl)c1oncc1O. The molecule has 1 aromatic rings. The summed E-state index contributed by atoms with van der Waals surface area (Å²) in [7, 11) is 0. The van der Waals surface area contributed by atoms with Crippen LogP contribution in [0.2, 0.25) is 0 Å². The van der Waals surface area contributed by atoms with Crippen molar-refractivity contribution in [1.29, 1.82) is 0 Å². The van der Waals surface area contributed by atoms with Gasteiger partial charge in [0.15, 0.2) is 5.75 Å². The van der Waals surface area contributed by atoms with Crippen molar-refractivity contribution in [1.82, 2.24) is 5.16 Å². The Morgan fingerprint density at radius 3 is 2.78 bits per heavy atom. The molecule has 48 valence electrons. The summed E-state index contributed by atoms with van der Waals surface area (Å²) in [5, 5.41) is 10.9. The normalized spacial score (nSPS) is 9.44.